The van der Waals surface area contributed by atoms with Gasteiger partial charge < -0.3 is 4.90 Å². The number of aromatic nitrogens is 2. The van der Waals surface area contributed by atoms with E-state index in [9.17, 15) is 8.42 Å². The number of benzene rings is 3. The van der Waals surface area contributed by atoms with Gasteiger partial charge in [-0.15, -0.1) is 0 Å². The van der Waals surface area contributed by atoms with E-state index in [1.54, 1.807) is 43.3 Å². The third-order valence-corrected chi connectivity index (χ3v) is 7.49. The fourth-order valence-electron chi connectivity index (χ4n) is 3.65. The summed E-state index contributed by atoms with van der Waals surface area (Å²) in [4.78, 5) is 6.61. The van der Waals surface area contributed by atoms with Gasteiger partial charge in [0.25, 0.3) is 0 Å². The third-order valence-electron chi connectivity index (χ3n) is 5.51. The Bertz CT molecular complexity index is 1530. The third kappa shape index (κ3) is 4.27. The lowest BCUT2D eigenvalue weighted by atomic mass is 10.0. The molecule has 0 aliphatic rings. The van der Waals surface area contributed by atoms with E-state index < -0.39 is 9.84 Å². The zero-order valence-electron chi connectivity index (χ0n) is 18.1. The van der Waals surface area contributed by atoms with Gasteiger partial charge in [0.2, 0.25) is 5.62 Å². The highest BCUT2D eigenvalue weighted by atomic mass is 35.5. The van der Waals surface area contributed by atoms with Gasteiger partial charge in [0.05, 0.1) is 22.5 Å². The summed E-state index contributed by atoms with van der Waals surface area (Å²) in [5.41, 5.74) is 3.19. The van der Waals surface area contributed by atoms with Crippen molar-refractivity contribution in [3.05, 3.63) is 77.4 Å². The summed E-state index contributed by atoms with van der Waals surface area (Å²) in [6.45, 7) is 1.63. The monoisotopic (exact) mass is 479 g/mol. The Hall–Kier alpha value is -3.49. The molecule has 4 rings (SSSR count). The highest BCUT2D eigenvalue weighted by molar-refractivity contribution is 7.91. The van der Waals surface area contributed by atoms with E-state index in [4.69, 9.17) is 22.4 Å². The van der Waals surface area contributed by atoms with Crippen LogP contribution in [0.2, 0.25) is 5.02 Å². The van der Waals surface area contributed by atoms with Gasteiger partial charge in [-0.1, -0.05) is 42.8 Å². The van der Waals surface area contributed by atoms with Crippen molar-refractivity contribution in [2.45, 2.75) is 11.8 Å². The molecule has 33 heavy (non-hydrogen) atoms. The summed E-state index contributed by atoms with van der Waals surface area (Å²) in [5.74, 6) is 0.623. The molecule has 1 heterocycles. The summed E-state index contributed by atoms with van der Waals surface area (Å²) in [7, 11) is -1.39. The van der Waals surface area contributed by atoms with Gasteiger partial charge in [-0.3, -0.25) is 15.4 Å². The lowest BCUT2D eigenvalue weighted by molar-refractivity contribution is 0.597. The lowest BCUT2D eigenvalue weighted by Crippen LogP contribution is -2.26. The van der Waals surface area contributed by atoms with Crippen LogP contribution in [0.4, 0.5) is 11.5 Å². The largest absolute Gasteiger partial charge is 0.329 e. The van der Waals surface area contributed by atoms with Gasteiger partial charge >= 0.3 is 0 Å². The number of sulfone groups is 1. The molecule has 168 valence electrons. The normalized spacial score (nSPS) is 11.5. The summed E-state index contributed by atoms with van der Waals surface area (Å²) < 4.78 is 25.6. The van der Waals surface area contributed by atoms with E-state index in [0.29, 0.717) is 21.3 Å². The molecule has 9 heteroatoms. The van der Waals surface area contributed by atoms with E-state index in [1.165, 1.54) is 4.57 Å². The maximum absolute atomic E-state index is 12.1. The number of fused-ring (bicyclic) bond motifs is 1. The summed E-state index contributed by atoms with van der Waals surface area (Å²) in [5, 5.41) is 17.2. The maximum atomic E-state index is 12.1. The summed E-state index contributed by atoms with van der Waals surface area (Å²) in [6.07, 6.45) is 1.04. The molecule has 0 bridgehead atoms. The Morgan fingerprint density at radius 2 is 1.79 bits per heavy atom. The van der Waals surface area contributed by atoms with Gasteiger partial charge in [-0.2, -0.15) is 4.98 Å². The second-order valence-electron chi connectivity index (χ2n) is 7.46. The van der Waals surface area contributed by atoms with Crippen LogP contribution >= 0.6 is 11.6 Å². The molecule has 0 aliphatic heterocycles. The minimum Gasteiger partial charge on any atom is -0.329 e. The van der Waals surface area contributed by atoms with Crippen molar-refractivity contribution in [2.24, 2.45) is 0 Å². The number of anilines is 2. The van der Waals surface area contributed by atoms with Gasteiger partial charge in [0.15, 0.2) is 9.84 Å². The van der Waals surface area contributed by atoms with Crippen LogP contribution in [0.5, 0.6) is 0 Å². The number of rotatable bonds is 6. The van der Waals surface area contributed by atoms with Crippen molar-refractivity contribution in [2.75, 3.05) is 17.7 Å². The van der Waals surface area contributed by atoms with E-state index >= 15 is 0 Å². The van der Waals surface area contributed by atoms with Gasteiger partial charge in [-0.25, -0.2) is 8.42 Å². The predicted molar refractivity (Wildman–Crippen MR) is 132 cm³/mol. The van der Waals surface area contributed by atoms with Crippen molar-refractivity contribution >= 4 is 50.2 Å². The van der Waals surface area contributed by atoms with Crippen LogP contribution in [0.25, 0.3) is 22.0 Å². The first-order valence-corrected chi connectivity index (χ1v) is 12.2. The predicted octanol–water partition coefficient (Wildman–Crippen LogP) is 4.85. The molecule has 0 fully saturated rings. The van der Waals surface area contributed by atoms with E-state index in [1.807, 2.05) is 42.3 Å². The SMILES string of the molecule is CCS(=O)(=O)c1ccc(-c2cccc(N(C)c3nc(=N)n(C=N)c4cc(Cl)ccc34)c2)cc1. The molecular formula is C24H22ClN5O2S. The Kier molecular flexibility index (Phi) is 6.05. The molecule has 7 nitrogen and oxygen atoms in total. The second kappa shape index (κ2) is 8.80. The molecule has 0 saturated carbocycles. The first-order chi connectivity index (χ1) is 15.7. The van der Waals surface area contributed by atoms with Gasteiger partial charge in [-0.05, 0) is 53.6 Å². The number of halogens is 1. The van der Waals surface area contributed by atoms with Crippen molar-refractivity contribution in [1.82, 2.24) is 9.55 Å². The molecule has 1 aromatic heterocycles. The van der Waals surface area contributed by atoms with Crippen molar-refractivity contribution in [1.29, 1.82) is 10.8 Å². The molecule has 3 aromatic carbocycles. The number of nitrogens with one attached hydrogen (secondary N) is 2. The number of hydrogen-bond acceptors (Lipinski definition) is 6. The van der Waals surface area contributed by atoms with Crippen LogP contribution in [0, 0.1) is 10.8 Å². The van der Waals surface area contributed by atoms with Gasteiger partial charge in [0, 0.05) is 23.1 Å². The van der Waals surface area contributed by atoms with Crippen LogP contribution in [0.15, 0.2) is 71.6 Å². The topological polar surface area (TPSA) is 103 Å². The van der Waals surface area contributed by atoms with Crippen LogP contribution in [0.1, 0.15) is 6.92 Å². The van der Waals surface area contributed by atoms with E-state index in [0.717, 1.165) is 28.5 Å². The smallest absolute Gasteiger partial charge is 0.229 e. The molecule has 0 amide bonds. The first-order valence-electron chi connectivity index (χ1n) is 10.2. The molecule has 0 radical (unpaired) electrons. The Morgan fingerprint density at radius 3 is 2.45 bits per heavy atom. The zero-order valence-corrected chi connectivity index (χ0v) is 19.7. The number of nitrogens with zero attached hydrogens (tertiary/aromatic N) is 3. The quantitative estimate of drug-likeness (QED) is 0.304. The van der Waals surface area contributed by atoms with Crippen LogP contribution in [0.3, 0.4) is 0 Å². The average molecular weight is 480 g/mol. The molecule has 0 aliphatic carbocycles. The molecule has 0 saturated heterocycles. The Morgan fingerprint density at radius 1 is 1.06 bits per heavy atom. The number of hydrogen-bond donors (Lipinski definition) is 2. The zero-order chi connectivity index (χ0) is 23.8. The standard InChI is InChI=1S/C24H22ClN5O2S/c1-3-33(31,32)20-10-7-16(8-11-20)17-5-4-6-19(13-17)29(2)23-21-12-9-18(25)14-22(21)30(15-26)24(27)28-23/h4-15,26-27H,3H2,1-2H3. The molecule has 0 unspecified atom stereocenters. The second-order valence-corrected chi connectivity index (χ2v) is 10.2. The Labute approximate surface area is 196 Å². The Balaban J connectivity index is 1.78. The van der Waals surface area contributed by atoms with Crippen molar-refractivity contribution in [3.63, 3.8) is 0 Å². The van der Waals surface area contributed by atoms with Crippen molar-refractivity contribution in [3.8, 4) is 11.1 Å². The minimum absolute atomic E-state index is 0.0613. The highest BCUT2D eigenvalue weighted by Crippen LogP contribution is 2.32. The molecule has 2 N–H and O–H groups in total. The fourth-order valence-corrected chi connectivity index (χ4v) is 4.70. The van der Waals surface area contributed by atoms with E-state index in [-0.39, 0.29) is 11.4 Å². The lowest BCUT2D eigenvalue weighted by Gasteiger charge is -2.22. The first kappa shape index (κ1) is 22.7. The van der Waals surface area contributed by atoms with Gasteiger partial charge in [0.1, 0.15) is 5.82 Å². The van der Waals surface area contributed by atoms with Crippen LogP contribution < -0.4 is 10.5 Å². The van der Waals surface area contributed by atoms with E-state index in [2.05, 4.69) is 4.98 Å². The van der Waals surface area contributed by atoms with Crippen LogP contribution in [-0.2, 0) is 9.84 Å². The highest BCUT2D eigenvalue weighted by Gasteiger charge is 2.15. The minimum atomic E-state index is -3.25. The fraction of sp³-hybridized carbons (Fsp3) is 0.125. The molecule has 0 atom stereocenters. The summed E-state index contributed by atoms with van der Waals surface area (Å²) in [6, 6.07) is 19.9. The maximum Gasteiger partial charge on any atom is 0.229 e. The molecule has 4 aromatic rings. The molecule has 0 spiro atoms. The average Bonchev–Trinajstić information content (AvgIpc) is 2.83. The molecular weight excluding hydrogens is 458 g/mol. The van der Waals surface area contributed by atoms with Crippen LogP contribution in [-0.4, -0.2) is 37.1 Å². The van der Waals surface area contributed by atoms with Crippen molar-refractivity contribution < 1.29 is 8.42 Å². The summed E-state index contributed by atoms with van der Waals surface area (Å²) >= 11 is 6.16.